The molecule has 31 heavy (non-hydrogen) atoms. The lowest BCUT2D eigenvalue weighted by Gasteiger charge is -2.42. The Labute approximate surface area is 180 Å². The van der Waals surface area contributed by atoms with Crippen molar-refractivity contribution in [3.8, 4) is 5.75 Å². The molecule has 0 amide bonds. The smallest absolute Gasteiger partial charge is 0.399 e. The highest BCUT2D eigenvalue weighted by molar-refractivity contribution is 5.85. The molecular weight excluding hydrogens is 411 g/mol. The third-order valence-electron chi connectivity index (χ3n) is 7.39. The Morgan fingerprint density at radius 3 is 2.45 bits per heavy atom. The number of hydrogen-bond donors (Lipinski definition) is 0. The summed E-state index contributed by atoms with van der Waals surface area (Å²) in [5.41, 5.74) is 1.02. The van der Waals surface area contributed by atoms with Crippen molar-refractivity contribution in [1.29, 1.82) is 0 Å². The van der Waals surface area contributed by atoms with Gasteiger partial charge in [-0.1, -0.05) is 50.8 Å². The zero-order valence-corrected chi connectivity index (χ0v) is 17.8. The molecule has 2 aromatic carbocycles. The first-order valence-corrected chi connectivity index (χ1v) is 11.4. The highest BCUT2D eigenvalue weighted by Gasteiger charge is 2.37. The van der Waals surface area contributed by atoms with Crippen molar-refractivity contribution in [1.82, 2.24) is 0 Å². The predicted octanol–water partition coefficient (Wildman–Crippen LogP) is 8.51. The second kappa shape index (κ2) is 8.95. The van der Waals surface area contributed by atoms with Gasteiger partial charge in [0.05, 0.1) is 0 Å². The van der Waals surface area contributed by atoms with Crippen molar-refractivity contribution in [2.75, 3.05) is 0 Å². The summed E-state index contributed by atoms with van der Waals surface area (Å²) in [5.74, 6) is -1.38. The van der Waals surface area contributed by atoms with Gasteiger partial charge in [-0.05, 0) is 72.8 Å². The minimum Gasteiger partial charge on any atom is -0.399 e. The largest absolute Gasteiger partial charge is 0.573 e. The molecule has 2 unspecified atom stereocenters. The molecule has 4 rings (SSSR count). The van der Waals surface area contributed by atoms with Crippen molar-refractivity contribution in [2.45, 2.75) is 77.0 Å². The average Bonchev–Trinajstić information content (AvgIpc) is 2.73. The van der Waals surface area contributed by atoms with E-state index in [9.17, 15) is 22.0 Å². The molecule has 2 fully saturated rings. The van der Waals surface area contributed by atoms with E-state index < -0.39 is 23.7 Å². The summed E-state index contributed by atoms with van der Waals surface area (Å²) in [6, 6.07) is 5.90. The maximum Gasteiger partial charge on any atom is 0.573 e. The molecule has 0 radical (unpaired) electrons. The van der Waals surface area contributed by atoms with Gasteiger partial charge >= 0.3 is 6.36 Å². The van der Waals surface area contributed by atoms with E-state index in [4.69, 9.17) is 0 Å². The summed E-state index contributed by atoms with van der Waals surface area (Å²) >= 11 is 0. The molecule has 1 nitrogen and oxygen atoms in total. The number of ether oxygens (including phenoxy) is 1. The number of fused-ring (bicyclic) bond motifs is 2. The SMILES string of the molecule is CCCC[C@@H]1CC[C@@H]2CC(c3ccc4c(F)c(OC(F)(F)F)c(F)cc4c3)CCC2C1. The summed E-state index contributed by atoms with van der Waals surface area (Å²) in [6.07, 6.45) is 5.93. The van der Waals surface area contributed by atoms with Crippen LogP contribution in [0.15, 0.2) is 24.3 Å². The van der Waals surface area contributed by atoms with Gasteiger partial charge < -0.3 is 4.74 Å². The van der Waals surface area contributed by atoms with Crippen LogP contribution in [-0.2, 0) is 0 Å². The highest BCUT2D eigenvalue weighted by atomic mass is 19.4. The van der Waals surface area contributed by atoms with Gasteiger partial charge in [-0.2, -0.15) is 0 Å². The lowest BCUT2D eigenvalue weighted by Crippen LogP contribution is -2.30. The molecule has 2 aliphatic carbocycles. The number of hydrogen-bond acceptors (Lipinski definition) is 1. The van der Waals surface area contributed by atoms with Gasteiger partial charge in [-0.3, -0.25) is 0 Å². The molecule has 0 aliphatic heterocycles. The van der Waals surface area contributed by atoms with Crippen LogP contribution < -0.4 is 4.74 Å². The number of halogens is 5. The van der Waals surface area contributed by atoms with Crippen LogP contribution in [0.3, 0.4) is 0 Å². The van der Waals surface area contributed by atoms with E-state index in [0.29, 0.717) is 11.8 Å². The van der Waals surface area contributed by atoms with Crippen LogP contribution in [0.5, 0.6) is 5.75 Å². The number of unbranched alkanes of at least 4 members (excludes halogenated alkanes) is 1. The van der Waals surface area contributed by atoms with Crippen LogP contribution in [0.25, 0.3) is 10.8 Å². The Morgan fingerprint density at radius 1 is 0.968 bits per heavy atom. The summed E-state index contributed by atoms with van der Waals surface area (Å²) < 4.78 is 69.7. The first kappa shape index (κ1) is 22.3. The number of rotatable bonds is 5. The van der Waals surface area contributed by atoms with Crippen LogP contribution in [0, 0.1) is 29.4 Å². The fourth-order valence-corrected chi connectivity index (χ4v) is 5.84. The van der Waals surface area contributed by atoms with Gasteiger partial charge in [0.2, 0.25) is 5.75 Å². The van der Waals surface area contributed by atoms with Crippen LogP contribution in [0.2, 0.25) is 0 Å². The van der Waals surface area contributed by atoms with Crippen molar-refractivity contribution in [3.63, 3.8) is 0 Å². The summed E-state index contributed by atoms with van der Waals surface area (Å²) in [7, 11) is 0. The van der Waals surface area contributed by atoms with Crippen LogP contribution in [0.4, 0.5) is 22.0 Å². The maximum atomic E-state index is 14.5. The monoisotopic (exact) mass is 440 g/mol. The van der Waals surface area contributed by atoms with Gasteiger partial charge in [0.15, 0.2) is 11.6 Å². The van der Waals surface area contributed by atoms with Crippen LogP contribution >= 0.6 is 0 Å². The van der Waals surface area contributed by atoms with E-state index in [1.807, 2.05) is 0 Å². The fraction of sp³-hybridized carbons (Fsp3) is 0.600. The first-order chi connectivity index (χ1) is 14.7. The molecule has 0 spiro atoms. The predicted molar refractivity (Wildman–Crippen MR) is 111 cm³/mol. The highest BCUT2D eigenvalue weighted by Crippen LogP contribution is 2.48. The van der Waals surface area contributed by atoms with Crippen molar-refractivity contribution in [2.24, 2.45) is 17.8 Å². The van der Waals surface area contributed by atoms with E-state index in [1.165, 1.54) is 51.0 Å². The Kier molecular flexibility index (Phi) is 6.45. The van der Waals surface area contributed by atoms with Gasteiger partial charge in [0.25, 0.3) is 0 Å². The molecule has 2 aromatic rings. The Hall–Kier alpha value is -1.85. The standard InChI is InChI=1S/C25H29F5O/c1-2-3-4-15-5-6-17-12-18(8-7-16(17)11-15)19-9-10-21-20(13-19)14-22(26)24(23(21)27)31-25(28,29)30/h9-10,13-18H,2-8,11-12H2,1H3/t15-,16?,17-,18?/m1/s1. The second-order valence-electron chi connectivity index (χ2n) is 9.38. The van der Waals surface area contributed by atoms with Gasteiger partial charge in [0.1, 0.15) is 0 Å². The van der Waals surface area contributed by atoms with Crippen molar-refractivity contribution < 1.29 is 26.7 Å². The summed E-state index contributed by atoms with van der Waals surface area (Å²) in [4.78, 5) is 0. The number of alkyl halides is 3. The zero-order chi connectivity index (χ0) is 22.2. The molecule has 0 N–H and O–H groups in total. The van der Waals surface area contributed by atoms with Gasteiger partial charge in [-0.25, -0.2) is 8.78 Å². The minimum absolute atomic E-state index is 0.0606. The molecule has 0 bridgehead atoms. The molecule has 2 saturated carbocycles. The minimum atomic E-state index is -5.15. The molecular formula is C25H29F5O. The molecule has 4 atom stereocenters. The average molecular weight is 440 g/mol. The van der Waals surface area contributed by atoms with E-state index in [1.54, 1.807) is 12.1 Å². The molecule has 170 valence electrons. The molecule has 6 heteroatoms. The zero-order valence-electron chi connectivity index (χ0n) is 17.8. The topological polar surface area (TPSA) is 9.23 Å². The van der Waals surface area contributed by atoms with Crippen LogP contribution in [0.1, 0.15) is 76.2 Å². The lowest BCUT2D eigenvalue weighted by molar-refractivity contribution is -0.276. The van der Waals surface area contributed by atoms with Gasteiger partial charge in [-0.15, -0.1) is 13.2 Å². The normalized spacial score (nSPS) is 26.6. The summed E-state index contributed by atoms with van der Waals surface area (Å²) in [6.45, 7) is 2.24. The second-order valence-corrected chi connectivity index (χ2v) is 9.38. The number of benzene rings is 2. The molecule has 0 heterocycles. The summed E-state index contributed by atoms with van der Waals surface area (Å²) in [5, 5.41) is 0.210. The molecule has 0 saturated heterocycles. The third kappa shape index (κ3) is 4.98. The Balaban J connectivity index is 1.50. The lowest BCUT2D eigenvalue weighted by atomic mass is 9.63. The first-order valence-electron chi connectivity index (χ1n) is 11.4. The maximum absolute atomic E-state index is 14.5. The van der Waals surface area contributed by atoms with E-state index in [2.05, 4.69) is 11.7 Å². The van der Waals surface area contributed by atoms with E-state index in [-0.39, 0.29) is 10.8 Å². The molecule has 0 aromatic heterocycles. The van der Waals surface area contributed by atoms with E-state index in [0.717, 1.165) is 36.3 Å². The Bertz CT molecular complexity index is 922. The van der Waals surface area contributed by atoms with E-state index >= 15 is 0 Å². The van der Waals surface area contributed by atoms with Gasteiger partial charge in [0, 0.05) is 5.39 Å². The Morgan fingerprint density at radius 2 is 1.71 bits per heavy atom. The van der Waals surface area contributed by atoms with Crippen LogP contribution in [-0.4, -0.2) is 6.36 Å². The molecule has 2 aliphatic rings. The quantitative estimate of drug-likeness (QED) is 0.424. The fourth-order valence-electron chi connectivity index (χ4n) is 5.84. The van der Waals surface area contributed by atoms with Crippen molar-refractivity contribution in [3.05, 3.63) is 41.5 Å². The van der Waals surface area contributed by atoms with Crippen molar-refractivity contribution >= 4 is 10.8 Å². The third-order valence-corrected chi connectivity index (χ3v) is 7.39.